The molecule has 0 fully saturated rings. The van der Waals surface area contributed by atoms with Crippen LogP contribution in [-0.2, 0) is 14.3 Å². The molecule has 1 aromatic rings. The second kappa shape index (κ2) is 7.26. The number of hydrogen-bond donors (Lipinski definition) is 1. The van der Waals surface area contributed by atoms with Gasteiger partial charge in [0.1, 0.15) is 12.7 Å². The van der Waals surface area contributed by atoms with Gasteiger partial charge in [-0.15, -0.1) is 0 Å². The van der Waals surface area contributed by atoms with E-state index in [2.05, 4.69) is 14.8 Å². The first-order valence-electron chi connectivity index (χ1n) is 6.33. The highest BCUT2D eigenvalue weighted by molar-refractivity contribution is 5.98. The minimum Gasteiger partial charge on any atom is -0.465 e. The van der Waals surface area contributed by atoms with Crippen LogP contribution < -0.4 is 5.32 Å². The summed E-state index contributed by atoms with van der Waals surface area (Å²) in [6, 6.07) is 4.56. The average Bonchev–Trinajstić information content (AvgIpc) is 2.45. The molecule has 1 atom stereocenters. The lowest BCUT2D eigenvalue weighted by Crippen LogP contribution is -2.31. The number of carbonyl (C=O) groups is 2. The summed E-state index contributed by atoms with van der Waals surface area (Å²) >= 11 is 0. The van der Waals surface area contributed by atoms with Gasteiger partial charge in [-0.05, 0) is 31.5 Å². The summed E-state index contributed by atoms with van der Waals surface area (Å²) in [5, 5.41) is 2.43. The van der Waals surface area contributed by atoms with E-state index in [0.717, 1.165) is 0 Å². The first-order valence-corrected chi connectivity index (χ1v) is 6.33. The standard InChI is InChI=1S/C14H16F3NO4/c1-8-10(13(20)21-3)5-4-6-11(8)18-12(19)9(2)22-7-14(15,16)17/h4-6,9H,7H2,1-3H3,(H,18,19)/t9-/m1/s1. The smallest absolute Gasteiger partial charge is 0.411 e. The van der Waals surface area contributed by atoms with Crippen molar-refractivity contribution in [3.8, 4) is 0 Å². The summed E-state index contributed by atoms with van der Waals surface area (Å²) in [5.41, 5.74) is 1.00. The largest absolute Gasteiger partial charge is 0.465 e. The Balaban J connectivity index is 2.78. The zero-order valence-electron chi connectivity index (χ0n) is 12.3. The van der Waals surface area contributed by atoms with Crippen molar-refractivity contribution in [1.29, 1.82) is 0 Å². The maximum absolute atomic E-state index is 12.0. The maximum atomic E-state index is 12.0. The Kier molecular flexibility index (Phi) is 5.92. The first-order chi connectivity index (χ1) is 10.2. The molecule has 0 saturated carbocycles. The summed E-state index contributed by atoms with van der Waals surface area (Å²) < 4.78 is 45.2. The predicted molar refractivity (Wildman–Crippen MR) is 72.6 cm³/mol. The lowest BCUT2D eigenvalue weighted by molar-refractivity contribution is -0.184. The van der Waals surface area contributed by atoms with Gasteiger partial charge in [0.05, 0.1) is 12.7 Å². The van der Waals surface area contributed by atoms with Crippen LogP contribution in [0, 0.1) is 6.92 Å². The van der Waals surface area contributed by atoms with E-state index in [1.165, 1.54) is 32.2 Å². The molecule has 8 heteroatoms. The number of nitrogens with one attached hydrogen (secondary N) is 1. The van der Waals surface area contributed by atoms with E-state index < -0.39 is 30.8 Å². The van der Waals surface area contributed by atoms with Crippen LogP contribution in [0.1, 0.15) is 22.8 Å². The molecule has 0 radical (unpaired) electrons. The summed E-state index contributed by atoms with van der Waals surface area (Å²) in [6.45, 7) is 1.28. The number of benzene rings is 1. The first kappa shape index (κ1) is 18.0. The van der Waals surface area contributed by atoms with E-state index >= 15 is 0 Å². The highest BCUT2D eigenvalue weighted by atomic mass is 19.4. The van der Waals surface area contributed by atoms with Crippen molar-refractivity contribution in [2.75, 3.05) is 19.0 Å². The molecule has 0 aliphatic heterocycles. The van der Waals surface area contributed by atoms with Crippen LogP contribution >= 0.6 is 0 Å². The molecule has 0 aromatic heterocycles. The number of methoxy groups -OCH3 is 1. The molecule has 1 aromatic carbocycles. The monoisotopic (exact) mass is 319 g/mol. The van der Waals surface area contributed by atoms with Crippen LogP contribution in [0.2, 0.25) is 0 Å². The number of amides is 1. The number of halogens is 3. The number of ether oxygens (including phenoxy) is 2. The molecule has 0 heterocycles. The van der Waals surface area contributed by atoms with Gasteiger partial charge in [0.25, 0.3) is 5.91 Å². The number of carbonyl (C=O) groups excluding carboxylic acids is 2. The van der Waals surface area contributed by atoms with Gasteiger partial charge in [0.2, 0.25) is 0 Å². The third kappa shape index (κ3) is 5.03. The lowest BCUT2D eigenvalue weighted by atomic mass is 10.1. The topological polar surface area (TPSA) is 64.6 Å². The average molecular weight is 319 g/mol. The molecule has 0 aliphatic rings. The number of rotatable bonds is 5. The SMILES string of the molecule is COC(=O)c1cccc(NC(=O)[C@@H](C)OCC(F)(F)F)c1C. The normalized spacial score (nSPS) is 12.6. The zero-order valence-corrected chi connectivity index (χ0v) is 12.3. The van der Waals surface area contributed by atoms with Crippen LogP contribution in [0.5, 0.6) is 0 Å². The molecule has 1 N–H and O–H groups in total. The van der Waals surface area contributed by atoms with E-state index in [1.807, 2.05) is 0 Å². The number of esters is 1. The Morgan fingerprint density at radius 1 is 1.32 bits per heavy atom. The fourth-order valence-electron chi connectivity index (χ4n) is 1.63. The maximum Gasteiger partial charge on any atom is 0.411 e. The van der Waals surface area contributed by atoms with Gasteiger partial charge in [-0.3, -0.25) is 4.79 Å². The fraction of sp³-hybridized carbons (Fsp3) is 0.429. The van der Waals surface area contributed by atoms with Crippen molar-refractivity contribution < 1.29 is 32.2 Å². The highest BCUT2D eigenvalue weighted by Gasteiger charge is 2.30. The van der Waals surface area contributed by atoms with Gasteiger partial charge in [-0.2, -0.15) is 13.2 Å². The summed E-state index contributed by atoms with van der Waals surface area (Å²) in [6.07, 6.45) is -5.79. The predicted octanol–water partition coefficient (Wildman–Crippen LogP) is 2.69. The van der Waals surface area contributed by atoms with Crippen LogP contribution in [0.4, 0.5) is 18.9 Å². The molecule has 1 amide bonds. The zero-order chi connectivity index (χ0) is 16.9. The van der Waals surface area contributed by atoms with Crippen molar-refractivity contribution in [1.82, 2.24) is 0 Å². The second-order valence-corrected chi connectivity index (χ2v) is 4.53. The molecule has 0 unspecified atom stereocenters. The van der Waals surface area contributed by atoms with E-state index in [4.69, 9.17) is 0 Å². The number of alkyl halides is 3. The Hall–Kier alpha value is -2.09. The fourth-order valence-corrected chi connectivity index (χ4v) is 1.63. The van der Waals surface area contributed by atoms with Crippen LogP contribution in [0.25, 0.3) is 0 Å². The van der Waals surface area contributed by atoms with Gasteiger partial charge >= 0.3 is 12.1 Å². The van der Waals surface area contributed by atoms with Gasteiger partial charge in [-0.1, -0.05) is 6.07 Å². The lowest BCUT2D eigenvalue weighted by Gasteiger charge is -2.16. The van der Waals surface area contributed by atoms with Gasteiger partial charge in [0.15, 0.2) is 0 Å². The quantitative estimate of drug-likeness (QED) is 0.848. The van der Waals surface area contributed by atoms with E-state index in [0.29, 0.717) is 11.3 Å². The molecular weight excluding hydrogens is 303 g/mol. The van der Waals surface area contributed by atoms with Crippen molar-refractivity contribution in [3.05, 3.63) is 29.3 Å². The molecule has 0 saturated heterocycles. The third-order valence-electron chi connectivity index (χ3n) is 2.86. The number of anilines is 1. The summed E-state index contributed by atoms with van der Waals surface area (Å²) in [5.74, 6) is -1.32. The van der Waals surface area contributed by atoms with Crippen molar-refractivity contribution in [2.45, 2.75) is 26.1 Å². The van der Waals surface area contributed by atoms with Crippen molar-refractivity contribution in [3.63, 3.8) is 0 Å². The molecule has 0 aliphatic carbocycles. The van der Waals surface area contributed by atoms with Crippen LogP contribution in [0.15, 0.2) is 18.2 Å². The van der Waals surface area contributed by atoms with Crippen molar-refractivity contribution in [2.24, 2.45) is 0 Å². The molecule has 5 nitrogen and oxygen atoms in total. The molecular formula is C14H16F3NO4. The van der Waals surface area contributed by atoms with E-state index in [9.17, 15) is 22.8 Å². The Morgan fingerprint density at radius 2 is 1.95 bits per heavy atom. The van der Waals surface area contributed by atoms with E-state index in [-0.39, 0.29) is 5.56 Å². The molecule has 122 valence electrons. The summed E-state index contributed by atoms with van der Waals surface area (Å²) in [4.78, 5) is 23.3. The summed E-state index contributed by atoms with van der Waals surface area (Å²) in [7, 11) is 1.22. The molecule has 0 bridgehead atoms. The van der Waals surface area contributed by atoms with E-state index in [1.54, 1.807) is 6.92 Å². The molecule has 0 spiro atoms. The molecule has 1 rings (SSSR count). The van der Waals surface area contributed by atoms with Gasteiger partial charge < -0.3 is 14.8 Å². The minimum absolute atomic E-state index is 0.254. The Bertz CT molecular complexity index is 558. The van der Waals surface area contributed by atoms with Gasteiger partial charge in [0, 0.05) is 5.69 Å². The van der Waals surface area contributed by atoms with Crippen LogP contribution in [-0.4, -0.2) is 37.9 Å². The number of hydrogen-bond acceptors (Lipinski definition) is 4. The minimum atomic E-state index is -4.50. The third-order valence-corrected chi connectivity index (χ3v) is 2.86. The molecule has 22 heavy (non-hydrogen) atoms. The Labute approximate surface area is 125 Å². The van der Waals surface area contributed by atoms with Gasteiger partial charge in [-0.25, -0.2) is 4.79 Å². The second-order valence-electron chi connectivity index (χ2n) is 4.53. The van der Waals surface area contributed by atoms with Crippen molar-refractivity contribution >= 4 is 17.6 Å². The Morgan fingerprint density at radius 3 is 2.50 bits per heavy atom. The van der Waals surface area contributed by atoms with Crippen LogP contribution in [0.3, 0.4) is 0 Å². The highest BCUT2D eigenvalue weighted by Crippen LogP contribution is 2.20.